The van der Waals surface area contributed by atoms with Crippen molar-refractivity contribution in [3.8, 4) is 11.3 Å². The van der Waals surface area contributed by atoms with Crippen molar-refractivity contribution in [3.63, 3.8) is 0 Å². The summed E-state index contributed by atoms with van der Waals surface area (Å²) < 4.78 is 27.9. The number of sulfonamides is 1. The highest BCUT2D eigenvalue weighted by Crippen LogP contribution is 2.33. The quantitative estimate of drug-likeness (QED) is 0.351. The Labute approximate surface area is 230 Å². The van der Waals surface area contributed by atoms with E-state index in [1.165, 1.54) is 18.2 Å². The molecule has 1 amide bonds. The minimum atomic E-state index is -4.24. The van der Waals surface area contributed by atoms with Gasteiger partial charge in [-0.15, -0.1) is 0 Å². The lowest BCUT2D eigenvalue weighted by Gasteiger charge is -2.29. The number of rotatable bonds is 9. The third kappa shape index (κ3) is 6.65. The van der Waals surface area contributed by atoms with E-state index >= 15 is 0 Å². The van der Waals surface area contributed by atoms with E-state index in [1.54, 1.807) is 18.3 Å². The molecule has 0 unspecified atom stereocenters. The summed E-state index contributed by atoms with van der Waals surface area (Å²) in [5.41, 5.74) is 7.25. The summed E-state index contributed by atoms with van der Waals surface area (Å²) in [5.74, 6) is 1.06. The van der Waals surface area contributed by atoms with Crippen LogP contribution in [0.15, 0.2) is 53.7 Å². The molecular formula is C28H37N7O3S. The van der Waals surface area contributed by atoms with E-state index in [1.807, 2.05) is 12.1 Å². The summed E-state index contributed by atoms with van der Waals surface area (Å²) in [6.07, 6.45) is 4.67. The maximum atomic E-state index is 13.3. The maximum absolute atomic E-state index is 13.3. The van der Waals surface area contributed by atoms with Crippen LogP contribution < -0.4 is 20.7 Å². The number of pyridine rings is 3. The average molecular weight is 552 g/mol. The van der Waals surface area contributed by atoms with Crippen LogP contribution in [0.3, 0.4) is 0 Å². The highest BCUT2D eigenvalue weighted by atomic mass is 32.2. The summed E-state index contributed by atoms with van der Waals surface area (Å²) >= 11 is 0. The highest BCUT2D eigenvalue weighted by molar-refractivity contribution is 7.90. The number of hydrogen-bond donors (Lipinski definition) is 3. The van der Waals surface area contributed by atoms with Crippen LogP contribution in [0.2, 0.25) is 0 Å². The van der Waals surface area contributed by atoms with Gasteiger partial charge in [-0.25, -0.2) is 19.7 Å². The second-order valence-corrected chi connectivity index (χ2v) is 12.3. The minimum absolute atomic E-state index is 0.0426. The van der Waals surface area contributed by atoms with Crippen LogP contribution in [0.25, 0.3) is 11.3 Å². The molecule has 1 saturated heterocycles. The van der Waals surface area contributed by atoms with Gasteiger partial charge in [-0.2, -0.15) is 8.42 Å². The lowest BCUT2D eigenvalue weighted by atomic mass is 10.1. The number of nitrogens with two attached hydrogens (primary N) is 1. The molecule has 4 N–H and O–H groups in total. The van der Waals surface area contributed by atoms with E-state index in [-0.39, 0.29) is 28.5 Å². The first-order chi connectivity index (χ1) is 18.4. The Balaban J connectivity index is 1.65. The van der Waals surface area contributed by atoms with Gasteiger partial charge in [0.2, 0.25) is 0 Å². The third-order valence-electron chi connectivity index (χ3n) is 6.84. The monoisotopic (exact) mass is 551 g/mol. The fourth-order valence-corrected chi connectivity index (χ4v) is 6.00. The lowest BCUT2D eigenvalue weighted by Crippen LogP contribution is -2.37. The van der Waals surface area contributed by atoms with Gasteiger partial charge in [0.1, 0.15) is 17.5 Å². The van der Waals surface area contributed by atoms with Crippen molar-refractivity contribution in [1.82, 2.24) is 19.7 Å². The zero-order chi connectivity index (χ0) is 28.3. The second kappa shape index (κ2) is 11.6. The standard InChI is InChI=1S/C28H37N7O3S/c1-17(2)15-18(3)31-25-14-11-21(16-30-25)23-13-12-22(27(32-23)35-19(4)9-10-20(35)5)28(36)34-39(37,38)26-8-6-7-24(29)33-26/h6-8,11-14,16-20H,9-10,15H2,1-5H3,(H2,29,33)(H,30,31)(H,34,36)/t18-,19-,20+/m1/s1. The van der Waals surface area contributed by atoms with Crippen molar-refractivity contribution in [1.29, 1.82) is 0 Å². The van der Waals surface area contributed by atoms with Gasteiger partial charge in [0.05, 0.1) is 11.3 Å². The molecule has 4 rings (SSSR count). The molecule has 39 heavy (non-hydrogen) atoms. The van der Waals surface area contributed by atoms with Crippen LogP contribution in [-0.2, 0) is 10.0 Å². The van der Waals surface area contributed by atoms with Crippen molar-refractivity contribution in [2.75, 3.05) is 16.0 Å². The molecule has 0 saturated carbocycles. The number of amides is 1. The molecule has 3 aromatic rings. The maximum Gasteiger partial charge on any atom is 0.281 e. The predicted octanol–water partition coefficient (Wildman–Crippen LogP) is 4.46. The second-order valence-electron chi connectivity index (χ2n) is 10.7. The zero-order valence-corrected chi connectivity index (χ0v) is 23.9. The van der Waals surface area contributed by atoms with Crippen molar-refractivity contribution < 1.29 is 13.2 Å². The van der Waals surface area contributed by atoms with E-state index in [2.05, 4.69) is 59.5 Å². The van der Waals surface area contributed by atoms with Crippen molar-refractivity contribution in [2.24, 2.45) is 5.92 Å². The molecule has 0 bridgehead atoms. The van der Waals surface area contributed by atoms with E-state index in [0.717, 1.165) is 30.6 Å². The number of hydrogen-bond acceptors (Lipinski definition) is 9. The number of nitrogens with one attached hydrogen (secondary N) is 2. The first-order valence-corrected chi connectivity index (χ1v) is 14.7. The number of anilines is 3. The number of carbonyl (C=O) groups excluding carboxylic acids is 1. The predicted molar refractivity (Wildman–Crippen MR) is 154 cm³/mol. The largest absolute Gasteiger partial charge is 0.384 e. The zero-order valence-electron chi connectivity index (χ0n) is 23.0. The Hall–Kier alpha value is -3.73. The molecule has 11 heteroatoms. The smallest absolute Gasteiger partial charge is 0.281 e. The Morgan fingerprint density at radius 1 is 1.05 bits per heavy atom. The molecular weight excluding hydrogens is 514 g/mol. The molecule has 3 aromatic heterocycles. The van der Waals surface area contributed by atoms with Crippen molar-refractivity contribution in [3.05, 3.63) is 54.2 Å². The van der Waals surface area contributed by atoms with Gasteiger partial charge < -0.3 is 16.0 Å². The van der Waals surface area contributed by atoms with Crippen molar-refractivity contribution in [2.45, 2.75) is 77.0 Å². The first-order valence-electron chi connectivity index (χ1n) is 13.3. The van der Waals surface area contributed by atoms with Gasteiger partial charge >= 0.3 is 0 Å². The molecule has 0 spiro atoms. The minimum Gasteiger partial charge on any atom is -0.384 e. The van der Waals surface area contributed by atoms with Crippen LogP contribution in [0.5, 0.6) is 0 Å². The Bertz CT molecular complexity index is 1420. The molecule has 0 aromatic carbocycles. The highest BCUT2D eigenvalue weighted by Gasteiger charge is 2.33. The molecule has 1 aliphatic rings. The van der Waals surface area contributed by atoms with Gasteiger partial charge in [-0.05, 0) is 82.3 Å². The molecule has 10 nitrogen and oxygen atoms in total. The van der Waals surface area contributed by atoms with Crippen LogP contribution in [-0.4, -0.2) is 47.4 Å². The summed E-state index contributed by atoms with van der Waals surface area (Å²) in [6, 6.07) is 12.0. The van der Waals surface area contributed by atoms with Crippen LogP contribution in [0.1, 0.15) is 64.2 Å². The normalized spacial score (nSPS) is 18.3. The van der Waals surface area contributed by atoms with Crippen LogP contribution in [0, 0.1) is 5.92 Å². The Morgan fingerprint density at radius 3 is 2.38 bits per heavy atom. The molecule has 208 valence electrons. The summed E-state index contributed by atoms with van der Waals surface area (Å²) in [4.78, 5) is 28.7. The SMILES string of the molecule is CC(C)C[C@@H](C)Nc1ccc(-c2ccc(C(=O)NS(=O)(=O)c3cccc(N)n3)c(N3[C@H](C)CC[C@@H]3C)n2)cn1. The fourth-order valence-electron chi connectivity index (χ4n) is 5.05. The van der Waals surface area contributed by atoms with Gasteiger partial charge in [-0.1, -0.05) is 19.9 Å². The van der Waals surface area contributed by atoms with Gasteiger partial charge in [0, 0.05) is 29.9 Å². The molecule has 0 radical (unpaired) electrons. The Kier molecular flexibility index (Phi) is 8.39. The van der Waals surface area contributed by atoms with Crippen molar-refractivity contribution >= 4 is 33.4 Å². The molecule has 4 heterocycles. The van der Waals surface area contributed by atoms with E-state index < -0.39 is 15.9 Å². The number of carbonyl (C=O) groups is 1. The van der Waals surface area contributed by atoms with Gasteiger partial charge in [0.25, 0.3) is 15.9 Å². The van der Waals surface area contributed by atoms with E-state index in [4.69, 9.17) is 10.7 Å². The molecule has 0 aliphatic carbocycles. The van der Waals surface area contributed by atoms with Gasteiger partial charge in [-0.3, -0.25) is 4.79 Å². The summed E-state index contributed by atoms with van der Waals surface area (Å²) in [6.45, 7) is 10.7. The first kappa shape index (κ1) is 28.3. The molecule has 3 atom stereocenters. The van der Waals surface area contributed by atoms with Gasteiger partial charge in [0.15, 0.2) is 5.03 Å². The number of nitrogen functional groups attached to an aromatic ring is 1. The van der Waals surface area contributed by atoms with E-state index in [0.29, 0.717) is 23.5 Å². The average Bonchev–Trinajstić information content (AvgIpc) is 3.21. The molecule has 1 aliphatic heterocycles. The fraction of sp³-hybridized carbons (Fsp3) is 0.429. The topological polar surface area (TPSA) is 143 Å². The lowest BCUT2D eigenvalue weighted by molar-refractivity contribution is 0.0981. The Morgan fingerprint density at radius 2 is 1.77 bits per heavy atom. The summed E-state index contributed by atoms with van der Waals surface area (Å²) in [7, 11) is -4.24. The van der Waals surface area contributed by atoms with Crippen LogP contribution >= 0.6 is 0 Å². The van der Waals surface area contributed by atoms with E-state index in [9.17, 15) is 13.2 Å². The number of nitrogens with zero attached hydrogens (tertiary/aromatic N) is 4. The third-order valence-corrected chi connectivity index (χ3v) is 8.07. The van der Waals surface area contributed by atoms with Crippen LogP contribution in [0.4, 0.5) is 17.5 Å². The number of aromatic nitrogens is 3. The molecule has 1 fully saturated rings. The summed E-state index contributed by atoms with van der Waals surface area (Å²) in [5, 5.41) is 3.09.